The molecule has 1 nitrogen and oxygen atoms in total. The number of anilines is 1. The second-order valence-electron chi connectivity index (χ2n) is 3.00. The van der Waals surface area contributed by atoms with Crippen LogP contribution < -0.4 is 5.32 Å². The normalized spacial score (nSPS) is 9.92. The molecule has 0 amide bonds. The van der Waals surface area contributed by atoms with E-state index in [0.29, 0.717) is 0 Å². The zero-order valence-corrected chi connectivity index (χ0v) is 8.15. The summed E-state index contributed by atoms with van der Waals surface area (Å²) in [7, 11) is 1.97. The Balaban J connectivity index is 3.01. The highest BCUT2D eigenvalue weighted by molar-refractivity contribution is 5.48. The van der Waals surface area contributed by atoms with E-state index in [1.54, 1.807) is 0 Å². The van der Waals surface area contributed by atoms with Crippen molar-refractivity contribution in [3.63, 3.8) is 0 Å². The molecule has 1 rings (SSSR count). The van der Waals surface area contributed by atoms with Crippen molar-refractivity contribution in [2.45, 2.75) is 26.7 Å². The third-order valence-corrected chi connectivity index (χ3v) is 2.16. The zero-order valence-electron chi connectivity index (χ0n) is 8.15. The van der Waals surface area contributed by atoms with Gasteiger partial charge in [-0.1, -0.05) is 19.9 Å². The van der Waals surface area contributed by atoms with Gasteiger partial charge in [0.25, 0.3) is 0 Å². The molecule has 1 aromatic rings. The number of rotatable bonds is 3. The fraction of sp³-hybridized carbons (Fsp3) is 0.455. The van der Waals surface area contributed by atoms with E-state index in [1.807, 2.05) is 7.05 Å². The highest BCUT2D eigenvalue weighted by atomic mass is 14.8. The molecule has 0 fully saturated rings. The summed E-state index contributed by atoms with van der Waals surface area (Å²) < 4.78 is 0. The highest BCUT2D eigenvalue weighted by Gasteiger charge is 1.96. The van der Waals surface area contributed by atoms with Crippen LogP contribution in [0.25, 0.3) is 0 Å². The maximum absolute atomic E-state index is 3.18. The summed E-state index contributed by atoms with van der Waals surface area (Å²) in [5, 5.41) is 3.18. The quantitative estimate of drug-likeness (QED) is 0.722. The Morgan fingerprint density at radius 1 is 1.00 bits per heavy atom. The molecular weight excluding hydrogens is 146 g/mol. The van der Waals surface area contributed by atoms with E-state index < -0.39 is 0 Å². The lowest BCUT2D eigenvalue weighted by Crippen LogP contribution is -1.92. The summed E-state index contributed by atoms with van der Waals surface area (Å²) in [5.41, 5.74) is 4.06. The second-order valence-corrected chi connectivity index (χ2v) is 3.00. The van der Waals surface area contributed by atoms with E-state index in [1.165, 1.54) is 16.8 Å². The van der Waals surface area contributed by atoms with Crippen molar-refractivity contribution in [2.75, 3.05) is 12.4 Å². The average molecular weight is 163 g/mol. The van der Waals surface area contributed by atoms with Crippen LogP contribution in [0.1, 0.15) is 25.0 Å². The molecule has 1 heteroatoms. The third-order valence-electron chi connectivity index (χ3n) is 2.16. The summed E-state index contributed by atoms with van der Waals surface area (Å²) in [6.45, 7) is 4.38. The maximum atomic E-state index is 3.18. The van der Waals surface area contributed by atoms with Gasteiger partial charge in [0.05, 0.1) is 0 Å². The third kappa shape index (κ3) is 2.00. The SMILES string of the molecule is CCc1cc(CC)cc(NC)c1. The Morgan fingerprint density at radius 2 is 1.50 bits per heavy atom. The molecular formula is C11H17N. The largest absolute Gasteiger partial charge is 0.388 e. The van der Waals surface area contributed by atoms with Crippen LogP contribution in [0.3, 0.4) is 0 Å². The predicted octanol–water partition coefficient (Wildman–Crippen LogP) is 2.85. The van der Waals surface area contributed by atoms with Gasteiger partial charge in [-0.2, -0.15) is 0 Å². The van der Waals surface area contributed by atoms with Gasteiger partial charge in [0.15, 0.2) is 0 Å². The Morgan fingerprint density at radius 3 is 1.83 bits per heavy atom. The smallest absolute Gasteiger partial charge is 0.0343 e. The molecule has 0 radical (unpaired) electrons. The Hall–Kier alpha value is -0.980. The monoisotopic (exact) mass is 163 g/mol. The molecule has 1 aromatic carbocycles. The molecule has 12 heavy (non-hydrogen) atoms. The van der Waals surface area contributed by atoms with Crippen LogP contribution in [-0.2, 0) is 12.8 Å². The molecule has 0 aliphatic heterocycles. The van der Waals surface area contributed by atoms with Crippen molar-refractivity contribution < 1.29 is 0 Å². The van der Waals surface area contributed by atoms with E-state index in [0.717, 1.165) is 12.8 Å². The summed E-state index contributed by atoms with van der Waals surface area (Å²) in [6.07, 6.45) is 2.23. The fourth-order valence-electron chi connectivity index (χ4n) is 1.32. The van der Waals surface area contributed by atoms with Gasteiger partial charge in [-0.25, -0.2) is 0 Å². The number of hydrogen-bond acceptors (Lipinski definition) is 1. The van der Waals surface area contributed by atoms with Crippen molar-refractivity contribution in [1.82, 2.24) is 0 Å². The first-order valence-corrected chi connectivity index (χ1v) is 4.60. The maximum Gasteiger partial charge on any atom is 0.0343 e. The number of benzene rings is 1. The van der Waals surface area contributed by atoms with Gasteiger partial charge in [-0.15, -0.1) is 0 Å². The van der Waals surface area contributed by atoms with Gasteiger partial charge < -0.3 is 5.32 Å². The van der Waals surface area contributed by atoms with Crippen LogP contribution in [0.15, 0.2) is 18.2 Å². The van der Waals surface area contributed by atoms with Gasteiger partial charge in [-0.3, -0.25) is 0 Å². The predicted molar refractivity (Wildman–Crippen MR) is 54.7 cm³/mol. The molecule has 1 N–H and O–H groups in total. The molecule has 0 atom stereocenters. The Bertz CT molecular complexity index is 198. The van der Waals surface area contributed by atoms with Gasteiger partial charge in [-0.05, 0) is 36.1 Å². The van der Waals surface area contributed by atoms with E-state index in [-0.39, 0.29) is 0 Å². The highest BCUT2D eigenvalue weighted by Crippen LogP contribution is 2.15. The minimum absolute atomic E-state index is 1.11. The lowest BCUT2D eigenvalue weighted by molar-refractivity contribution is 1.09. The van der Waals surface area contributed by atoms with E-state index in [9.17, 15) is 0 Å². The van der Waals surface area contributed by atoms with Gasteiger partial charge in [0.2, 0.25) is 0 Å². The lowest BCUT2D eigenvalue weighted by atomic mass is 10.1. The molecule has 0 aliphatic rings. The molecule has 0 saturated carbocycles. The van der Waals surface area contributed by atoms with Crippen molar-refractivity contribution in [3.8, 4) is 0 Å². The van der Waals surface area contributed by atoms with Crippen molar-refractivity contribution >= 4 is 5.69 Å². The van der Waals surface area contributed by atoms with E-state index in [4.69, 9.17) is 0 Å². The Kier molecular flexibility index (Phi) is 3.15. The topological polar surface area (TPSA) is 12.0 Å². The van der Waals surface area contributed by atoms with Crippen LogP contribution in [0.5, 0.6) is 0 Å². The molecule has 0 heterocycles. The average Bonchev–Trinajstić information content (AvgIpc) is 2.16. The minimum Gasteiger partial charge on any atom is -0.388 e. The number of aryl methyl sites for hydroxylation is 2. The van der Waals surface area contributed by atoms with Gasteiger partial charge in [0, 0.05) is 12.7 Å². The fourth-order valence-corrected chi connectivity index (χ4v) is 1.32. The first kappa shape index (κ1) is 9.11. The molecule has 0 bridgehead atoms. The van der Waals surface area contributed by atoms with Crippen molar-refractivity contribution in [1.29, 1.82) is 0 Å². The van der Waals surface area contributed by atoms with Crippen molar-refractivity contribution in [2.24, 2.45) is 0 Å². The van der Waals surface area contributed by atoms with Crippen LogP contribution in [0, 0.1) is 0 Å². The summed E-state index contributed by atoms with van der Waals surface area (Å²) in [6, 6.07) is 6.69. The van der Waals surface area contributed by atoms with E-state index in [2.05, 4.69) is 37.4 Å². The van der Waals surface area contributed by atoms with E-state index >= 15 is 0 Å². The number of hydrogen-bond donors (Lipinski definition) is 1. The van der Waals surface area contributed by atoms with Gasteiger partial charge >= 0.3 is 0 Å². The number of nitrogens with one attached hydrogen (secondary N) is 1. The first-order valence-electron chi connectivity index (χ1n) is 4.60. The summed E-state index contributed by atoms with van der Waals surface area (Å²) >= 11 is 0. The molecule has 0 aromatic heterocycles. The van der Waals surface area contributed by atoms with Crippen LogP contribution in [0.2, 0.25) is 0 Å². The molecule has 0 spiro atoms. The molecule has 0 saturated heterocycles. The summed E-state index contributed by atoms with van der Waals surface area (Å²) in [4.78, 5) is 0. The van der Waals surface area contributed by atoms with Crippen LogP contribution >= 0.6 is 0 Å². The summed E-state index contributed by atoms with van der Waals surface area (Å²) in [5.74, 6) is 0. The minimum atomic E-state index is 1.11. The lowest BCUT2D eigenvalue weighted by Gasteiger charge is -2.06. The van der Waals surface area contributed by atoms with Crippen LogP contribution in [-0.4, -0.2) is 7.05 Å². The molecule has 66 valence electrons. The van der Waals surface area contributed by atoms with Crippen molar-refractivity contribution in [3.05, 3.63) is 29.3 Å². The Labute approximate surface area is 74.8 Å². The van der Waals surface area contributed by atoms with Crippen LogP contribution in [0.4, 0.5) is 5.69 Å². The zero-order chi connectivity index (χ0) is 8.97. The second kappa shape index (κ2) is 4.15. The molecule has 0 aliphatic carbocycles. The first-order chi connectivity index (χ1) is 5.80. The molecule has 0 unspecified atom stereocenters. The van der Waals surface area contributed by atoms with Gasteiger partial charge in [0.1, 0.15) is 0 Å². The standard InChI is InChI=1S/C11H17N/c1-4-9-6-10(5-2)8-11(7-9)12-3/h6-8,12H,4-5H2,1-3H3.